The molecule has 16 heteroatoms. The molecule has 0 atom stereocenters. The topological polar surface area (TPSA) is 139 Å². The quantitative estimate of drug-likeness (QED) is 0.341. The number of aromatic amines is 2. The summed E-state index contributed by atoms with van der Waals surface area (Å²) < 4.78 is 70.6. The van der Waals surface area contributed by atoms with E-state index in [1.54, 1.807) is 0 Å². The van der Waals surface area contributed by atoms with Crippen molar-refractivity contribution in [3.05, 3.63) is 57.1 Å². The standard InChI is InChI=1S/C7H4F3N3O.C4H5N3O.C3H2BrF3O/c8-7(9,10)4-3-13-5(14)1-2-11-6(13)12-4;5-4-6-2-1-3(8)7-4;4-1-2(8)3(5,6)7/h1-3H,(H,11,12);1-2H,(H3,5,6,7,8);1H2. The van der Waals surface area contributed by atoms with Gasteiger partial charge in [-0.3, -0.25) is 23.8 Å². The van der Waals surface area contributed by atoms with Gasteiger partial charge in [-0.25, -0.2) is 9.97 Å². The van der Waals surface area contributed by atoms with Gasteiger partial charge in [-0.1, -0.05) is 15.9 Å². The minimum absolute atomic E-state index is 0.121. The molecule has 0 radical (unpaired) electrons. The van der Waals surface area contributed by atoms with E-state index in [0.717, 1.165) is 16.7 Å². The lowest BCUT2D eigenvalue weighted by Gasteiger charge is -1.99. The van der Waals surface area contributed by atoms with Crippen LogP contribution < -0.4 is 16.9 Å². The third kappa shape index (κ3) is 7.69. The number of aromatic nitrogens is 5. The molecule has 164 valence electrons. The van der Waals surface area contributed by atoms with Crippen molar-refractivity contribution in [1.82, 2.24) is 24.3 Å². The zero-order valence-corrected chi connectivity index (χ0v) is 16.0. The summed E-state index contributed by atoms with van der Waals surface area (Å²) in [6.45, 7) is 0. The Labute approximate surface area is 170 Å². The van der Waals surface area contributed by atoms with E-state index in [4.69, 9.17) is 5.73 Å². The molecule has 0 amide bonds. The van der Waals surface area contributed by atoms with Gasteiger partial charge in [0.05, 0.1) is 5.33 Å². The fourth-order valence-electron chi connectivity index (χ4n) is 1.52. The van der Waals surface area contributed by atoms with E-state index in [9.17, 15) is 40.7 Å². The van der Waals surface area contributed by atoms with Crippen molar-refractivity contribution in [2.75, 3.05) is 11.1 Å². The normalized spacial score (nSPS) is 11.2. The maximum atomic E-state index is 12.2. The van der Waals surface area contributed by atoms with E-state index in [1.807, 2.05) is 4.98 Å². The first-order valence-electron chi connectivity index (χ1n) is 7.36. The third-order valence-corrected chi connectivity index (χ3v) is 3.33. The molecule has 0 aromatic carbocycles. The van der Waals surface area contributed by atoms with Crippen LogP contribution in [0.4, 0.5) is 32.3 Å². The van der Waals surface area contributed by atoms with Gasteiger partial charge in [0.2, 0.25) is 11.6 Å². The molecule has 30 heavy (non-hydrogen) atoms. The van der Waals surface area contributed by atoms with Gasteiger partial charge in [-0.05, 0) is 0 Å². The van der Waals surface area contributed by atoms with Gasteiger partial charge in [0, 0.05) is 30.7 Å². The molecule has 3 rings (SSSR count). The van der Waals surface area contributed by atoms with Crippen molar-refractivity contribution in [3.63, 3.8) is 0 Å². The van der Waals surface area contributed by atoms with Gasteiger partial charge in [-0.2, -0.15) is 26.3 Å². The minimum Gasteiger partial charge on any atom is -0.369 e. The SMILES string of the molecule is Nc1nccc(=O)[nH]1.O=C(CBr)C(F)(F)F.O=c1ccnc2[nH]c(C(F)(F)F)cn12. The summed E-state index contributed by atoms with van der Waals surface area (Å²) in [6.07, 6.45) is -5.99. The van der Waals surface area contributed by atoms with Crippen LogP contribution in [-0.4, -0.2) is 41.6 Å². The molecule has 3 aromatic rings. The van der Waals surface area contributed by atoms with Crippen LogP contribution in [0.25, 0.3) is 5.78 Å². The fraction of sp³-hybridized carbons (Fsp3) is 0.214. The molecular weight excluding hydrogens is 494 g/mol. The summed E-state index contributed by atoms with van der Waals surface area (Å²) in [5.41, 5.74) is 3.32. The molecule has 9 nitrogen and oxygen atoms in total. The van der Waals surface area contributed by atoms with Crippen molar-refractivity contribution >= 4 is 33.4 Å². The van der Waals surface area contributed by atoms with E-state index in [-0.39, 0.29) is 17.3 Å². The van der Waals surface area contributed by atoms with Crippen LogP contribution >= 0.6 is 15.9 Å². The second-order valence-corrected chi connectivity index (χ2v) is 5.58. The first kappa shape index (κ1) is 24.9. The molecule has 0 aliphatic rings. The number of nitrogens with two attached hydrogens (primary N) is 1. The van der Waals surface area contributed by atoms with Gasteiger partial charge < -0.3 is 10.7 Å². The highest BCUT2D eigenvalue weighted by Gasteiger charge is 2.36. The monoisotopic (exact) mass is 504 g/mol. The first-order valence-corrected chi connectivity index (χ1v) is 8.48. The number of anilines is 1. The number of ketones is 1. The molecule has 4 N–H and O–H groups in total. The van der Waals surface area contributed by atoms with Crippen molar-refractivity contribution in [3.8, 4) is 0 Å². The van der Waals surface area contributed by atoms with Gasteiger partial charge in [0.1, 0.15) is 5.69 Å². The Balaban J connectivity index is 0.000000243. The van der Waals surface area contributed by atoms with Crippen LogP contribution in [0, 0.1) is 0 Å². The second-order valence-electron chi connectivity index (χ2n) is 5.02. The van der Waals surface area contributed by atoms with Crippen LogP contribution in [0.2, 0.25) is 0 Å². The predicted molar refractivity (Wildman–Crippen MR) is 94.9 cm³/mol. The third-order valence-electron chi connectivity index (χ3n) is 2.82. The highest BCUT2D eigenvalue weighted by Crippen LogP contribution is 2.27. The molecule has 3 heterocycles. The molecule has 3 aromatic heterocycles. The van der Waals surface area contributed by atoms with Crippen molar-refractivity contribution in [2.45, 2.75) is 12.4 Å². The number of H-pyrrole nitrogens is 2. The second kappa shape index (κ2) is 10.0. The Hall–Kier alpha value is -3.17. The zero-order valence-electron chi connectivity index (χ0n) is 14.4. The molecule has 0 aliphatic carbocycles. The van der Waals surface area contributed by atoms with Crippen LogP contribution in [-0.2, 0) is 11.0 Å². The first-order chi connectivity index (χ1) is 13.8. The molecule has 0 saturated carbocycles. The summed E-state index contributed by atoms with van der Waals surface area (Å²) in [5, 5.41) is -0.656. The summed E-state index contributed by atoms with van der Waals surface area (Å²) in [7, 11) is 0. The Morgan fingerprint density at radius 3 is 2.03 bits per heavy atom. The maximum absolute atomic E-state index is 12.2. The lowest BCUT2D eigenvalue weighted by molar-refractivity contribution is -0.167. The molecule has 0 fully saturated rings. The lowest BCUT2D eigenvalue weighted by Crippen LogP contribution is -2.23. The van der Waals surface area contributed by atoms with Gasteiger partial charge in [-0.15, -0.1) is 0 Å². The summed E-state index contributed by atoms with van der Waals surface area (Å²) in [5.74, 6) is -1.72. The molecule has 0 bridgehead atoms. The Bertz CT molecular complexity index is 1100. The number of carbonyl (C=O) groups excluding carboxylic acids is 1. The average molecular weight is 505 g/mol. The van der Waals surface area contributed by atoms with Gasteiger partial charge in [0.25, 0.3) is 11.1 Å². The number of nitrogen functional groups attached to an aromatic ring is 1. The predicted octanol–water partition coefficient (Wildman–Crippen LogP) is 1.91. The molecule has 0 unspecified atom stereocenters. The summed E-state index contributed by atoms with van der Waals surface area (Å²) >= 11 is 2.38. The number of halogens is 7. The van der Waals surface area contributed by atoms with E-state index >= 15 is 0 Å². The Morgan fingerprint density at radius 2 is 1.67 bits per heavy atom. The number of hydrogen-bond donors (Lipinski definition) is 3. The highest BCUT2D eigenvalue weighted by atomic mass is 79.9. The van der Waals surface area contributed by atoms with Crippen LogP contribution in [0.15, 0.2) is 40.3 Å². The zero-order chi connectivity index (χ0) is 23.1. The number of imidazole rings is 1. The van der Waals surface area contributed by atoms with E-state index in [1.165, 1.54) is 12.3 Å². The van der Waals surface area contributed by atoms with Crippen LogP contribution in [0.1, 0.15) is 5.69 Å². The molecule has 0 spiro atoms. The van der Waals surface area contributed by atoms with Crippen LogP contribution in [0.3, 0.4) is 0 Å². The summed E-state index contributed by atoms with van der Waals surface area (Å²) in [4.78, 5) is 42.5. The molecule has 0 saturated heterocycles. The van der Waals surface area contributed by atoms with Gasteiger partial charge >= 0.3 is 12.4 Å². The number of alkyl halides is 7. The number of rotatable bonds is 1. The Morgan fingerprint density at radius 1 is 1.07 bits per heavy atom. The van der Waals surface area contributed by atoms with Crippen molar-refractivity contribution in [2.24, 2.45) is 0 Å². The number of nitrogens with one attached hydrogen (secondary N) is 2. The summed E-state index contributed by atoms with van der Waals surface area (Å²) in [6, 6.07) is 2.39. The highest BCUT2D eigenvalue weighted by molar-refractivity contribution is 9.09. The smallest absolute Gasteiger partial charge is 0.369 e. The van der Waals surface area contributed by atoms with Crippen molar-refractivity contribution < 1.29 is 31.1 Å². The number of carbonyl (C=O) groups is 1. The minimum atomic E-state index is -4.68. The molecular formula is C14H11BrF6N6O3. The average Bonchev–Trinajstić information content (AvgIpc) is 3.07. The maximum Gasteiger partial charge on any atom is 0.450 e. The molecule has 0 aliphatic heterocycles. The number of Topliss-reactive ketones (excluding diaryl/α,β-unsaturated/α-hetero) is 1. The number of fused-ring (bicyclic) bond motifs is 1. The van der Waals surface area contributed by atoms with Crippen LogP contribution in [0.5, 0.6) is 0 Å². The fourth-order valence-corrected chi connectivity index (χ4v) is 1.84. The van der Waals surface area contributed by atoms with E-state index < -0.39 is 34.7 Å². The van der Waals surface area contributed by atoms with Crippen molar-refractivity contribution in [1.29, 1.82) is 0 Å². The lowest BCUT2D eigenvalue weighted by atomic mass is 10.4. The number of hydrogen-bond acceptors (Lipinski definition) is 6. The Kier molecular flexibility index (Phi) is 8.32. The number of nitrogens with zero attached hydrogens (tertiary/aromatic N) is 3. The van der Waals surface area contributed by atoms with Gasteiger partial charge in [0.15, 0.2) is 5.95 Å². The largest absolute Gasteiger partial charge is 0.450 e. The van der Waals surface area contributed by atoms with E-state index in [0.29, 0.717) is 6.20 Å². The van der Waals surface area contributed by atoms with E-state index in [2.05, 4.69) is 30.9 Å².